The van der Waals surface area contributed by atoms with E-state index in [-0.39, 0.29) is 46.5 Å². The van der Waals surface area contributed by atoms with Crippen molar-refractivity contribution in [2.45, 2.75) is 6.42 Å². The summed E-state index contributed by atoms with van der Waals surface area (Å²) in [6.07, 6.45) is 9.53. The summed E-state index contributed by atoms with van der Waals surface area (Å²) in [6, 6.07) is 0. The number of nitrogens with zero attached hydrogens (tertiary/aromatic N) is 1. The SMILES string of the molecule is C=CC[N-]CC=C.[C-]1=CC1.[Cl-].[Cl-].[Ti+4]. The van der Waals surface area contributed by atoms with Crippen molar-refractivity contribution < 1.29 is 46.5 Å². The van der Waals surface area contributed by atoms with E-state index in [4.69, 9.17) is 0 Å². The third-order valence-electron chi connectivity index (χ3n) is 0.721. The zero-order valence-corrected chi connectivity index (χ0v) is 10.5. The molecule has 1 nitrogen and oxygen atoms in total. The third kappa shape index (κ3) is 45.7. The maximum absolute atomic E-state index is 3.97. The Balaban J connectivity index is -0.0000000585. The van der Waals surface area contributed by atoms with Gasteiger partial charge in [0.1, 0.15) is 0 Å². The molecule has 1 aliphatic carbocycles. The molecule has 0 N–H and O–H groups in total. The summed E-state index contributed by atoms with van der Waals surface area (Å²) in [5.41, 5.74) is 0. The number of allylic oxidation sites excluding steroid dienone is 2. The molecule has 0 aromatic heterocycles. The molecule has 1 rings (SSSR count). The fourth-order valence-corrected chi connectivity index (χ4v) is 0.257. The van der Waals surface area contributed by atoms with E-state index in [9.17, 15) is 0 Å². The van der Waals surface area contributed by atoms with Gasteiger partial charge in [0.15, 0.2) is 0 Å². The molecule has 0 saturated carbocycles. The van der Waals surface area contributed by atoms with E-state index in [1.54, 1.807) is 12.2 Å². The van der Waals surface area contributed by atoms with Gasteiger partial charge in [0.05, 0.1) is 0 Å². The summed E-state index contributed by atoms with van der Waals surface area (Å²) >= 11 is 0. The molecular formula is C9H13Cl2NTi. The Kier molecular flexibility index (Phi) is 41.1. The van der Waals surface area contributed by atoms with Crippen LogP contribution in [0, 0.1) is 6.08 Å². The number of halogens is 2. The van der Waals surface area contributed by atoms with Gasteiger partial charge in [-0.3, -0.25) is 6.08 Å². The van der Waals surface area contributed by atoms with E-state index < -0.39 is 0 Å². The third-order valence-corrected chi connectivity index (χ3v) is 0.721. The summed E-state index contributed by atoms with van der Waals surface area (Å²) in [6.45, 7) is 8.49. The largest absolute Gasteiger partial charge is 4.00 e. The van der Waals surface area contributed by atoms with Crippen LogP contribution in [0.1, 0.15) is 6.42 Å². The Labute approximate surface area is 108 Å². The van der Waals surface area contributed by atoms with Crippen molar-refractivity contribution in [3.05, 3.63) is 42.8 Å². The van der Waals surface area contributed by atoms with Gasteiger partial charge >= 0.3 is 21.7 Å². The second-order valence-electron chi connectivity index (χ2n) is 1.78. The normalized spacial score (nSPS) is 8.62. The number of hydrogen-bond donors (Lipinski definition) is 0. The quantitative estimate of drug-likeness (QED) is 0.214. The molecule has 0 aromatic carbocycles. The summed E-state index contributed by atoms with van der Waals surface area (Å²) in [7, 11) is 0. The first-order valence-corrected chi connectivity index (χ1v) is 3.32. The molecule has 0 heterocycles. The minimum atomic E-state index is 0. The molecule has 0 fully saturated rings. The first-order chi connectivity index (χ1) is 4.91. The Hall–Kier alpha value is 0.474. The van der Waals surface area contributed by atoms with Crippen molar-refractivity contribution in [2.24, 2.45) is 0 Å². The van der Waals surface area contributed by atoms with E-state index in [0.717, 1.165) is 19.5 Å². The Bertz CT molecular complexity index is 115. The molecule has 13 heavy (non-hydrogen) atoms. The predicted molar refractivity (Wildman–Crippen MR) is 45.9 cm³/mol. The van der Waals surface area contributed by atoms with Crippen LogP contribution in [0.25, 0.3) is 5.32 Å². The minimum absolute atomic E-state index is 0. The van der Waals surface area contributed by atoms with Crippen LogP contribution in [0.5, 0.6) is 0 Å². The molecular weight excluding hydrogens is 241 g/mol. The van der Waals surface area contributed by atoms with Gasteiger partial charge in [-0.2, -0.15) is 0 Å². The number of hydrogen-bond acceptors (Lipinski definition) is 0. The standard InChI is InChI=1S/C6H10N.C3H3.2ClH.Ti/c1-3-5-7-6-4-2;1-2-3-1;;;/h3-4H,1-2,5-6H2;1H,2H2;2*1H;/q2*-1;;;+4/p-2. The Morgan fingerprint density at radius 2 is 1.54 bits per heavy atom. The second kappa shape index (κ2) is 22.9. The molecule has 0 bridgehead atoms. The van der Waals surface area contributed by atoms with Crippen LogP contribution in [0.15, 0.2) is 31.4 Å². The van der Waals surface area contributed by atoms with Crippen LogP contribution in [0.4, 0.5) is 0 Å². The van der Waals surface area contributed by atoms with Gasteiger partial charge < -0.3 is 36.2 Å². The van der Waals surface area contributed by atoms with Gasteiger partial charge in [0.2, 0.25) is 0 Å². The van der Waals surface area contributed by atoms with Crippen LogP contribution in [-0.2, 0) is 21.7 Å². The average Bonchev–Trinajstić information content (AvgIpc) is 2.73. The Morgan fingerprint density at radius 1 is 1.23 bits per heavy atom. The summed E-state index contributed by atoms with van der Waals surface area (Å²) in [5, 5.41) is 3.97. The summed E-state index contributed by atoms with van der Waals surface area (Å²) in [5.74, 6) is 0. The maximum atomic E-state index is 3.97. The molecule has 0 spiro atoms. The van der Waals surface area contributed by atoms with Gasteiger partial charge in [-0.25, -0.2) is 6.42 Å². The van der Waals surface area contributed by atoms with Gasteiger partial charge in [-0.1, -0.05) is 0 Å². The molecule has 0 unspecified atom stereocenters. The molecule has 0 atom stereocenters. The summed E-state index contributed by atoms with van der Waals surface area (Å²) < 4.78 is 0. The van der Waals surface area contributed by atoms with E-state index in [0.29, 0.717) is 0 Å². The molecule has 0 amide bonds. The maximum Gasteiger partial charge on any atom is 4.00 e. The van der Waals surface area contributed by atoms with Crippen molar-refractivity contribution >= 4 is 0 Å². The molecule has 4 heteroatoms. The van der Waals surface area contributed by atoms with E-state index in [1.807, 2.05) is 6.08 Å². The zero-order chi connectivity index (χ0) is 7.66. The molecule has 1 aliphatic rings. The molecule has 0 radical (unpaired) electrons. The van der Waals surface area contributed by atoms with Crippen LogP contribution in [0.2, 0.25) is 0 Å². The topological polar surface area (TPSA) is 14.1 Å². The zero-order valence-electron chi connectivity index (χ0n) is 7.47. The molecule has 0 saturated heterocycles. The van der Waals surface area contributed by atoms with Gasteiger partial charge in [-0.05, 0) is 0 Å². The van der Waals surface area contributed by atoms with Crippen molar-refractivity contribution in [1.29, 1.82) is 0 Å². The first-order valence-electron chi connectivity index (χ1n) is 3.32. The minimum Gasteiger partial charge on any atom is -1.00 e. The smallest absolute Gasteiger partial charge is 1.00 e. The van der Waals surface area contributed by atoms with Crippen LogP contribution in [0.3, 0.4) is 0 Å². The second-order valence-corrected chi connectivity index (χ2v) is 1.78. The number of rotatable bonds is 4. The van der Waals surface area contributed by atoms with Crippen molar-refractivity contribution in [1.82, 2.24) is 0 Å². The van der Waals surface area contributed by atoms with E-state index >= 15 is 0 Å². The molecule has 0 aromatic rings. The van der Waals surface area contributed by atoms with E-state index in [1.165, 1.54) is 0 Å². The van der Waals surface area contributed by atoms with Crippen LogP contribution >= 0.6 is 0 Å². The van der Waals surface area contributed by atoms with Gasteiger partial charge in [0, 0.05) is 0 Å². The fraction of sp³-hybridized carbons (Fsp3) is 0.333. The summed E-state index contributed by atoms with van der Waals surface area (Å²) in [4.78, 5) is 0. The van der Waals surface area contributed by atoms with Crippen LogP contribution in [-0.4, -0.2) is 13.1 Å². The van der Waals surface area contributed by atoms with Crippen molar-refractivity contribution in [3.8, 4) is 0 Å². The van der Waals surface area contributed by atoms with Gasteiger partial charge in [0.25, 0.3) is 0 Å². The Morgan fingerprint density at radius 3 is 1.69 bits per heavy atom. The van der Waals surface area contributed by atoms with Crippen molar-refractivity contribution in [3.63, 3.8) is 0 Å². The predicted octanol–water partition coefficient (Wildman–Crippen LogP) is -3.51. The molecule has 72 valence electrons. The van der Waals surface area contributed by atoms with E-state index in [2.05, 4.69) is 24.6 Å². The van der Waals surface area contributed by atoms with Crippen LogP contribution < -0.4 is 24.8 Å². The molecule has 0 aliphatic heterocycles. The first kappa shape index (κ1) is 23.4. The van der Waals surface area contributed by atoms with Crippen molar-refractivity contribution in [2.75, 3.05) is 13.1 Å². The monoisotopic (exact) mass is 253 g/mol. The average molecular weight is 254 g/mol. The fourth-order valence-electron chi connectivity index (χ4n) is 0.257. The van der Waals surface area contributed by atoms with Gasteiger partial charge in [-0.15, -0.1) is 38.4 Å².